The average molecular weight is 358 g/mol. The van der Waals surface area contributed by atoms with E-state index >= 15 is 0 Å². The predicted molar refractivity (Wildman–Crippen MR) is 101 cm³/mol. The minimum atomic E-state index is -0.143. The lowest BCUT2D eigenvalue weighted by Gasteiger charge is -2.08. The van der Waals surface area contributed by atoms with Crippen molar-refractivity contribution >= 4 is 5.91 Å². The van der Waals surface area contributed by atoms with E-state index < -0.39 is 0 Å². The lowest BCUT2D eigenvalue weighted by Crippen LogP contribution is -2.23. The van der Waals surface area contributed by atoms with Crippen LogP contribution in [0.1, 0.15) is 15.9 Å². The summed E-state index contributed by atoms with van der Waals surface area (Å²) < 4.78 is 3.47. The number of benzene rings is 1. The Morgan fingerprint density at radius 2 is 2.00 bits per heavy atom. The van der Waals surface area contributed by atoms with E-state index in [1.165, 1.54) is 0 Å². The molecule has 4 rings (SSSR count). The van der Waals surface area contributed by atoms with Crippen LogP contribution in [-0.2, 0) is 13.6 Å². The number of hydrogen-bond acceptors (Lipinski definition) is 4. The number of amides is 1. The molecule has 0 unspecified atom stereocenters. The molecule has 0 fully saturated rings. The number of carbonyl (C=O) groups excluding carboxylic acids is 1. The van der Waals surface area contributed by atoms with E-state index in [0.717, 1.165) is 22.4 Å². The highest BCUT2D eigenvalue weighted by molar-refractivity contribution is 5.94. The maximum atomic E-state index is 12.5. The summed E-state index contributed by atoms with van der Waals surface area (Å²) in [5.74, 6) is -0.143. The Labute approximate surface area is 156 Å². The minimum Gasteiger partial charge on any atom is -0.348 e. The van der Waals surface area contributed by atoms with Gasteiger partial charge in [-0.05, 0) is 35.9 Å². The van der Waals surface area contributed by atoms with Crippen molar-refractivity contribution in [3.8, 4) is 16.8 Å². The molecule has 0 aliphatic carbocycles. The van der Waals surface area contributed by atoms with Gasteiger partial charge in [0, 0.05) is 61.3 Å². The summed E-state index contributed by atoms with van der Waals surface area (Å²) >= 11 is 0. The summed E-state index contributed by atoms with van der Waals surface area (Å²) in [7, 11) is 1.87. The Morgan fingerprint density at radius 1 is 1.07 bits per heavy atom. The highest BCUT2D eigenvalue weighted by Crippen LogP contribution is 2.18. The van der Waals surface area contributed by atoms with Gasteiger partial charge in [-0.3, -0.25) is 14.5 Å². The van der Waals surface area contributed by atoms with Crippen LogP contribution >= 0.6 is 0 Å². The number of carbonyl (C=O) groups is 1. The van der Waals surface area contributed by atoms with Crippen LogP contribution in [0.3, 0.4) is 0 Å². The fraction of sp³-hybridized carbons (Fsp3) is 0.100. The Bertz CT molecular complexity index is 1070. The molecule has 1 aromatic carbocycles. The zero-order valence-electron chi connectivity index (χ0n) is 14.8. The van der Waals surface area contributed by atoms with E-state index in [-0.39, 0.29) is 5.91 Å². The van der Waals surface area contributed by atoms with Gasteiger partial charge in [0.25, 0.3) is 5.91 Å². The van der Waals surface area contributed by atoms with Crippen molar-refractivity contribution in [3.63, 3.8) is 0 Å². The van der Waals surface area contributed by atoms with Crippen LogP contribution in [0.4, 0.5) is 0 Å². The lowest BCUT2D eigenvalue weighted by atomic mass is 10.1. The maximum absolute atomic E-state index is 12.5. The van der Waals surface area contributed by atoms with E-state index in [1.807, 2.05) is 49.8 Å². The normalized spacial score (nSPS) is 10.7. The second kappa shape index (κ2) is 7.25. The summed E-state index contributed by atoms with van der Waals surface area (Å²) in [6.07, 6.45) is 10.8. The first-order valence-electron chi connectivity index (χ1n) is 8.50. The van der Waals surface area contributed by atoms with Gasteiger partial charge >= 0.3 is 0 Å². The van der Waals surface area contributed by atoms with Gasteiger partial charge in [-0.2, -0.15) is 10.2 Å². The molecule has 134 valence electrons. The van der Waals surface area contributed by atoms with Crippen LogP contribution in [0, 0.1) is 0 Å². The second-order valence-electron chi connectivity index (χ2n) is 6.17. The molecule has 1 N–H and O–H groups in total. The summed E-state index contributed by atoms with van der Waals surface area (Å²) in [5.41, 5.74) is 4.31. The van der Waals surface area contributed by atoms with E-state index in [9.17, 15) is 4.79 Å². The quantitative estimate of drug-likeness (QED) is 0.595. The van der Waals surface area contributed by atoms with Crippen molar-refractivity contribution in [1.82, 2.24) is 29.9 Å². The molecule has 1 amide bonds. The van der Waals surface area contributed by atoms with Crippen LogP contribution in [0.2, 0.25) is 0 Å². The van der Waals surface area contributed by atoms with Gasteiger partial charge in [-0.25, -0.2) is 4.68 Å². The van der Waals surface area contributed by atoms with Gasteiger partial charge in [-0.15, -0.1) is 0 Å². The number of nitrogens with zero attached hydrogens (tertiary/aromatic N) is 5. The number of aromatic nitrogens is 5. The van der Waals surface area contributed by atoms with Gasteiger partial charge in [0.05, 0.1) is 11.9 Å². The van der Waals surface area contributed by atoms with Crippen molar-refractivity contribution in [1.29, 1.82) is 0 Å². The molecule has 0 aliphatic rings. The molecule has 0 saturated heterocycles. The first-order chi connectivity index (χ1) is 13.2. The number of aryl methyl sites for hydroxylation is 1. The molecular formula is C20H18N6O. The van der Waals surface area contributed by atoms with E-state index in [4.69, 9.17) is 0 Å². The molecule has 0 saturated carbocycles. The highest BCUT2D eigenvalue weighted by Gasteiger charge is 2.08. The number of hydrogen-bond donors (Lipinski definition) is 1. The molecule has 0 spiro atoms. The van der Waals surface area contributed by atoms with Crippen molar-refractivity contribution in [3.05, 3.63) is 84.7 Å². The third kappa shape index (κ3) is 3.77. The molecule has 0 atom stereocenters. The fourth-order valence-electron chi connectivity index (χ4n) is 2.81. The zero-order valence-corrected chi connectivity index (χ0v) is 14.8. The van der Waals surface area contributed by atoms with E-state index in [0.29, 0.717) is 12.1 Å². The summed E-state index contributed by atoms with van der Waals surface area (Å²) in [6.45, 7) is 0.395. The zero-order chi connectivity index (χ0) is 18.6. The van der Waals surface area contributed by atoms with Crippen molar-refractivity contribution in [2.75, 3.05) is 0 Å². The Kier molecular flexibility index (Phi) is 4.49. The Morgan fingerprint density at radius 3 is 2.78 bits per heavy atom. The molecule has 7 heteroatoms. The summed E-state index contributed by atoms with van der Waals surface area (Å²) in [4.78, 5) is 16.8. The predicted octanol–water partition coefficient (Wildman–Crippen LogP) is 2.60. The highest BCUT2D eigenvalue weighted by atomic mass is 16.1. The first kappa shape index (κ1) is 16.7. The standard InChI is InChI=1S/C20H18N6O/c1-25-14-18(13-24-25)17-8-15(10-21-12-17)11-22-20(27)16-4-2-5-19(9-16)26-7-3-6-23-26/h2-10,12-14H,11H2,1H3,(H,22,27). The van der Waals surface area contributed by atoms with E-state index in [2.05, 4.69) is 20.5 Å². The van der Waals surface area contributed by atoms with Crippen molar-refractivity contribution in [2.24, 2.45) is 7.05 Å². The van der Waals surface area contributed by atoms with Gasteiger partial charge < -0.3 is 5.32 Å². The van der Waals surface area contributed by atoms with Crippen LogP contribution in [-0.4, -0.2) is 30.5 Å². The third-order valence-electron chi connectivity index (χ3n) is 4.16. The molecule has 0 bridgehead atoms. The minimum absolute atomic E-state index is 0.143. The molecule has 27 heavy (non-hydrogen) atoms. The van der Waals surface area contributed by atoms with Gasteiger partial charge in [0.2, 0.25) is 0 Å². The Balaban J connectivity index is 1.46. The first-order valence-corrected chi connectivity index (χ1v) is 8.50. The van der Waals surface area contributed by atoms with Crippen molar-refractivity contribution < 1.29 is 4.79 Å². The topological polar surface area (TPSA) is 77.6 Å². The number of pyridine rings is 1. The molecule has 0 radical (unpaired) electrons. The molecule has 7 nitrogen and oxygen atoms in total. The number of nitrogens with one attached hydrogen (secondary N) is 1. The third-order valence-corrected chi connectivity index (χ3v) is 4.16. The van der Waals surface area contributed by atoms with E-state index in [1.54, 1.807) is 40.2 Å². The largest absolute Gasteiger partial charge is 0.348 e. The van der Waals surface area contributed by atoms with Crippen LogP contribution in [0.15, 0.2) is 73.6 Å². The second-order valence-corrected chi connectivity index (χ2v) is 6.17. The smallest absolute Gasteiger partial charge is 0.251 e. The van der Waals surface area contributed by atoms with Gasteiger partial charge in [0.15, 0.2) is 0 Å². The van der Waals surface area contributed by atoms with Crippen LogP contribution in [0.5, 0.6) is 0 Å². The van der Waals surface area contributed by atoms with Gasteiger partial charge in [0.1, 0.15) is 0 Å². The van der Waals surface area contributed by atoms with Crippen molar-refractivity contribution in [2.45, 2.75) is 6.54 Å². The number of rotatable bonds is 5. The fourth-order valence-corrected chi connectivity index (χ4v) is 2.81. The summed E-state index contributed by atoms with van der Waals surface area (Å²) in [5, 5.41) is 11.3. The molecule has 3 aromatic heterocycles. The lowest BCUT2D eigenvalue weighted by molar-refractivity contribution is 0.0951. The average Bonchev–Trinajstić information content (AvgIpc) is 3.38. The monoisotopic (exact) mass is 358 g/mol. The molecule has 3 heterocycles. The SMILES string of the molecule is Cn1cc(-c2cncc(CNC(=O)c3cccc(-n4cccn4)c3)c2)cn1. The Hall–Kier alpha value is -3.74. The van der Waals surface area contributed by atoms with Crippen LogP contribution in [0.25, 0.3) is 16.8 Å². The van der Waals surface area contributed by atoms with Crippen LogP contribution < -0.4 is 5.32 Å². The van der Waals surface area contributed by atoms with Gasteiger partial charge in [-0.1, -0.05) is 6.07 Å². The molecule has 0 aliphatic heterocycles. The molecule has 4 aromatic rings. The maximum Gasteiger partial charge on any atom is 0.251 e. The molecular weight excluding hydrogens is 340 g/mol. The summed E-state index contributed by atoms with van der Waals surface area (Å²) in [6, 6.07) is 11.2.